The number of allylic oxidation sites excluding steroid dienone is 4. The summed E-state index contributed by atoms with van der Waals surface area (Å²) in [5, 5.41) is -4.57. The molecular formula is C78H74F20N2O28S8-6. The van der Waals surface area contributed by atoms with E-state index in [1.165, 1.54) is 74.9 Å². The number of halogens is 20. The topological polar surface area (TPSA) is 483 Å². The van der Waals surface area contributed by atoms with Gasteiger partial charge in [0.25, 0.3) is 0 Å². The van der Waals surface area contributed by atoms with Crippen LogP contribution in [0.2, 0.25) is 0 Å². The van der Waals surface area contributed by atoms with Crippen LogP contribution in [0.1, 0.15) is 84.6 Å². The number of carbonyl (C=O) groups excluding carboxylic acids is 2. The number of benzene rings is 7. The average molecular weight is 2120 g/mol. The molecular weight excluding hydrogens is 2050 g/mol. The highest BCUT2D eigenvalue weighted by atomic mass is 32.3. The first-order valence-electron chi connectivity index (χ1n) is 35.7. The Labute approximate surface area is 766 Å². The highest BCUT2D eigenvalue weighted by Crippen LogP contribution is 2.36. The van der Waals surface area contributed by atoms with Crippen molar-refractivity contribution in [3.63, 3.8) is 0 Å². The summed E-state index contributed by atoms with van der Waals surface area (Å²) in [7, 11) is -42.6. The maximum absolute atomic E-state index is 13.8. The lowest BCUT2D eigenvalue weighted by molar-refractivity contribution is -0.153. The molecule has 7 rings (SSSR count). The van der Waals surface area contributed by atoms with Gasteiger partial charge in [0.2, 0.25) is 17.4 Å². The molecule has 0 radical (unpaired) electrons. The van der Waals surface area contributed by atoms with Crippen molar-refractivity contribution in [2.45, 2.75) is 118 Å². The summed E-state index contributed by atoms with van der Waals surface area (Å²) < 4.78 is 506. The van der Waals surface area contributed by atoms with Gasteiger partial charge in [-0.2, -0.15) is 43.9 Å². The molecule has 0 aliphatic carbocycles. The molecule has 0 amide bonds. The van der Waals surface area contributed by atoms with Gasteiger partial charge in [0.15, 0.2) is 74.9 Å². The molecule has 7 aromatic carbocycles. The molecule has 0 aliphatic heterocycles. The van der Waals surface area contributed by atoms with E-state index in [2.05, 4.69) is 63.8 Å². The fraction of sp³-hybridized carbons (Fsp3) is 0.256. The summed E-state index contributed by atoms with van der Waals surface area (Å²) in [4.78, 5) is 14.0. The van der Waals surface area contributed by atoms with Crippen molar-refractivity contribution < 1.29 is 211 Å². The molecule has 30 nitrogen and oxygen atoms in total. The van der Waals surface area contributed by atoms with Gasteiger partial charge in [-0.05, 0) is 119 Å². The lowest BCUT2D eigenvalue weighted by Gasteiger charge is -2.21. The predicted molar refractivity (Wildman–Crippen MR) is 439 cm³/mol. The summed E-state index contributed by atoms with van der Waals surface area (Å²) in [6, 6.07) is 26.3. The third-order valence-electron chi connectivity index (χ3n) is 14.6. The van der Waals surface area contributed by atoms with E-state index >= 15 is 0 Å². The van der Waals surface area contributed by atoms with Crippen molar-refractivity contribution >= 4 is 104 Å². The van der Waals surface area contributed by atoms with Crippen LogP contribution in [0.15, 0.2) is 208 Å². The molecule has 0 unspecified atom stereocenters. The summed E-state index contributed by atoms with van der Waals surface area (Å²) in [5.41, 5.74) is 2.27. The standard InChI is InChI=1S/C16H12F4O4S.C12H10F4O4S.C11H14O.C10H6F4O5S.2C8H7F3NO4S2.C7H12O.C6H10F2O5S/c1-8(2)9-3-5-10(6-4-9)24-7-11-12(17)14(19)16(25(21,22)23)15(20)13(11)18;1-5(2)6(3)20-4-7-8(13)10(15)12(21(17,18)19)11(16)9(7)14;1-4-12-11-7-5-10(6-8-11)9(2)3;1-3(2)10(15)19-8-4(11)6(13)9(20(16,17)18)7(14)5(8)12;2*9-8(10,11)6-17(13,14)12-18(15,16)7-4-2-1-3-5-7;1-5-8-7(4)6(2)3;1-4(2)5(9)13-3-6(7,8)14(10,11)12/h3-6H,1,7H2,2H3,(H,21,22,23);1,3-4H2,2H3,(H,17,18,19);5-8H,2,4H2,1,3H3;1H2,2H3,(H,16,17,18);2*1-5H,6H2;2,4-5H2,1,3H3;4H,3H2,1-2H3,(H,10,11,12)/q;;;;2*-1;;/p-4. The maximum Gasteiger partial charge on any atom is 0.401 e. The van der Waals surface area contributed by atoms with Gasteiger partial charge in [0.05, 0.1) is 50.3 Å². The summed E-state index contributed by atoms with van der Waals surface area (Å²) in [5.74, 6) is -34.7. The van der Waals surface area contributed by atoms with Gasteiger partial charge in [-0.3, -0.25) is 4.79 Å². The molecule has 0 atom stereocenters. The monoisotopic (exact) mass is 2120 g/mol. The van der Waals surface area contributed by atoms with Gasteiger partial charge >= 0.3 is 29.5 Å². The second-order valence-electron chi connectivity index (χ2n) is 26.3. The zero-order valence-electron chi connectivity index (χ0n) is 71.0. The SMILES string of the molecule is C=C(C)C(=C)OCC.C=C(C)C(=C)OCc1c(F)c(F)c(S(=O)(=O)[O-])c(F)c1F.C=C(C)C(=O)Oc1c(F)c(F)c(S(=O)(=O)[O-])c(F)c1F.C=C(C)c1ccc(OCC)cc1.C=C(C)c1ccc(OCc2c(F)c(F)c(S(=O)(=O)[O-])c(F)c2F)cc1.CC(C)C(=O)OCC(F)(F)S(=O)(=O)[O-].O=S(=O)(CC(F)(F)F)[N-]S(=O)(=O)c1ccccc1.O=S(=O)(CC(F)(F)F)[N-]S(=O)(=O)c1ccccc1. The minimum atomic E-state index is -5.81. The third-order valence-corrected chi connectivity index (χ3v) is 24.5. The van der Waals surface area contributed by atoms with Crippen LogP contribution in [-0.4, -0.2) is 146 Å². The summed E-state index contributed by atoms with van der Waals surface area (Å²) in [6.07, 6.45) is -10.1. The molecule has 0 spiro atoms. The molecule has 0 bridgehead atoms. The number of alkyl halides is 8. The first-order valence-corrected chi connectivity index (χ1v) is 47.5. The normalized spacial score (nSPS) is 11.8. The quantitative estimate of drug-likeness (QED) is 0.00569. The fourth-order valence-electron chi connectivity index (χ4n) is 8.09. The van der Waals surface area contributed by atoms with E-state index in [1.807, 2.05) is 52.0 Å². The maximum atomic E-state index is 13.8. The number of sulfonamides is 4. The average Bonchev–Trinajstić information content (AvgIpc) is 0.771. The Morgan fingerprint density at radius 2 is 0.676 bits per heavy atom. The van der Waals surface area contributed by atoms with E-state index in [9.17, 15) is 183 Å². The Morgan fingerprint density at radius 1 is 0.382 bits per heavy atom. The molecule has 0 heterocycles. The van der Waals surface area contributed by atoms with Crippen LogP contribution in [0.25, 0.3) is 19.4 Å². The molecule has 136 heavy (non-hydrogen) atoms. The van der Waals surface area contributed by atoms with Gasteiger partial charge in [-0.15, -0.1) is 0 Å². The van der Waals surface area contributed by atoms with Crippen LogP contribution in [0, 0.1) is 75.7 Å². The number of rotatable bonds is 31. The third kappa shape index (κ3) is 41.4. The number of carbonyl (C=O) groups is 2. The minimum absolute atomic E-state index is 0.0878. The van der Waals surface area contributed by atoms with Crippen LogP contribution < -0.4 is 14.2 Å². The van der Waals surface area contributed by atoms with E-state index in [4.69, 9.17) is 18.9 Å². The van der Waals surface area contributed by atoms with Crippen molar-refractivity contribution in [3.8, 4) is 17.2 Å². The predicted octanol–water partition coefficient (Wildman–Crippen LogP) is 17.0. The minimum Gasteiger partial charge on any atom is -0.744 e. The molecule has 0 fully saturated rings. The Morgan fingerprint density at radius 3 is 0.926 bits per heavy atom. The lowest BCUT2D eigenvalue weighted by atomic mass is 10.1. The number of nitrogens with zero attached hydrogens (tertiary/aromatic N) is 2. The fourth-order valence-corrected chi connectivity index (χ4v) is 15.5. The van der Waals surface area contributed by atoms with Gasteiger partial charge in [0, 0.05) is 15.4 Å². The highest BCUT2D eigenvalue weighted by molar-refractivity contribution is 8.12. The van der Waals surface area contributed by atoms with E-state index in [0.717, 1.165) is 59.2 Å². The number of ether oxygens (including phenoxy) is 6. The van der Waals surface area contributed by atoms with E-state index in [1.54, 1.807) is 19.1 Å². The molecule has 0 N–H and O–H groups in total. The smallest absolute Gasteiger partial charge is 0.401 e. The van der Waals surface area contributed by atoms with Crippen molar-refractivity contribution in [3.05, 3.63) is 284 Å². The van der Waals surface area contributed by atoms with E-state index in [0.29, 0.717) is 24.5 Å². The first-order chi connectivity index (χ1) is 61.5. The van der Waals surface area contributed by atoms with Gasteiger partial charge in [0.1, 0.15) is 113 Å². The van der Waals surface area contributed by atoms with Gasteiger partial charge < -0.3 is 54.9 Å². The summed E-state index contributed by atoms with van der Waals surface area (Å²) in [6.45, 7) is 37.3. The van der Waals surface area contributed by atoms with Crippen molar-refractivity contribution in [2.75, 3.05) is 31.3 Å². The molecule has 0 saturated carbocycles. The van der Waals surface area contributed by atoms with Gasteiger partial charge in [-0.25, -0.2) is 116 Å². The number of hydrogen-bond donors (Lipinski definition) is 0. The molecule has 7 aromatic rings. The van der Waals surface area contributed by atoms with Crippen LogP contribution >= 0.6 is 0 Å². The number of hydrogen-bond acceptors (Lipinski definition) is 28. The highest BCUT2D eigenvalue weighted by Gasteiger charge is 2.40. The largest absolute Gasteiger partial charge is 0.744 e. The second kappa shape index (κ2) is 51.8. The van der Waals surface area contributed by atoms with E-state index < -0.39 is 259 Å². The molecule has 0 aliphatic rings. The first kappa shape index (κ1) is 125. The Hall–Kier alpha value is -11.2. The van der Waals surface area contributed by atoms with Crippen molar-refractivity contribution in [1.82, 2.24) is 0 Å². The summed E-state index contributed by atoms with van der Waals surface area (Å²) >= 11 is 0. The van der Waals surface area contributed by atoms with Crippen LogP contribution in [0.4, 0.5) is 87.8 Å². The number of esters is 2. The van der Waals surface area contributed by atoms with Crippen molar-refractivity contribution in [2.24, 2.45) is 5.92 Å². The zero-order valence-corrected chi connectivity index (χ0v) is 77.6. The van der Waals surface area contributed by atoms with Crippen molar-refractivity contribution in [1.29, 1.82) is 0 Å². The second-order valence-corrected chi connectivity index (χ2v) is 38.7. The molecule has 58 heteroatoms. The Kier molecular flexibility index (Phi) is 47.6. The zero-order chi connectivity index (χ0) is 106. The Bertz CT molecular complexity index is 6320. The lowest BCUT2D eigenvalue weighted by Crippen LogP contribution is -2.35. The van der Waals surface area contributed by atoms with Crippen LogP contribution in [0.5, 0.6) is 17.2 Å². The van der Waals surface area contributed by atoms with E-state index in [-0.39, 0.29) is 17.1 Å². The molecule has 0 saturated heterocycles. The van der Waals surface area contributed by atoms with Crippen LogP contribution in [0.3, 0.4) is 0 Å². The Balaban J connectivity index is 0.00000156. The van der Waals surface area contributed by atoms with Gasteiger partial charge in [-0.1, -0.05) is 132 Å². The molecule has 758 valence electrons. The molecule has 0 aromatic heterocycles. The van der Waals surface area contributed by atoms with Crippen LogP contribution in [-0.2, 0) is 118 Å².